The molecule has 0 bridgehead atoms. The van der Waals surface area contributed by atoms with Gasteiger partial charge in [-0.05, 0) is 60.2 Å². The molecule has 3 nitrogen and oxygen atoms in total. The third-order valence-corrected chi connectivity index (χ3v) is 9.84. The molecule has 2 N–H and O–H groups in total. The van der Waals surface area contributed by atoms with Crippen molar-refractivity contribution < 1.29 is 19.4 Å². The van der Waals surface area contributed by atoms with Crippen molar-refractivity contribution in [2.24, 2.45) is 28.6 Å². The van der Waals surface area contributed by atoms with Gasteiger partial charge in [0.2, 0.25) is 0 Å². The van der Waals surface area contributed by atoms with Gasteiger partial charge in [0.05, 0.1) is 16.5 Å². The molecule has 9 atom stereocenters. The van der Waals surface area contributed by atoms with Gasteiger partial charge in [0, 0.05) is 5.41 Å². The van der Waals surface area contributed by atoms with E-state index in [0.29, 0.717) is 12.0 Å². The van der Waals surface area contributed by atoms with Gasteiger partial charge in [-0.2, -0.15) is 0 Å². The van der Waals surface area contributed by atoms with Crippen molar-refractivity contribution in [3.05, 3.63) is 23.8 Å². The Bertz CT molecular complexity index is 690. The largest absolute Gasteiger partial charge is 0.392 e. The first kappa shape index (κ1) is 17.9. The Kier molecular flexibility index (Phi) is 3.76. The highest BCUT2D eigenvalue weighted by Gasteiger charge is 2.70. The molecule has 25 heavy (non-hydrogen) atoms. The van der Waals surface area contributed by atoms with Crippen LogP contribution in [0.25, 0.3) is 0 Å². The molecule has 138 valence electrons. The summed E-state index contributed by atoms with van der Waals surface area (Å²) in [6.07, 6.45) is 3.89. The number of hydrogen-bond donors (Lipinski definition) is 2. The molecule has 5 heteroatoms. The summed E-state index contributed by atoms with van der Waals surface area (Å²) in [5.74, 6) is -0.00756. The molecule has 3 fully saturated rings. The van der Waals surface area contributed by atoms with E-state index in [-0.39, 0.29) is 30.0 Å². The summed E-state index contributed by atoms with van der Waals surface area (Å²) in [6.45, 7) is 6.01. The van der Waals surface area contributed by atoms with E-state index in [0.717, 1.165) is 6.42 Å². The molecule has 0 spiro atoms. The lowest BCUT2D eigenvalue weighted by atomic mass is 9.47. The van der Waals surface area contributed by atoms with E-state index in [1.807, 2.05) is 20.8 Å². The van der Waals surface area contributed by atoms with Gasteiger partial charge in [-0.15, -0.1) is 0 Å². The number of carbonyl (C=O) groups is 1. The quantitative estimate of drug-likeness (QED) is 0.599. The number of carbonyl (C=O) groups excluding carboxylic acids is 1. The fourth-order valence-electron chi connectivity index (χ4n) is 6.55. The zero-order chi connectivity index (χ0) is 18.4. The summed E-state index contributed by atoms with van der Waals surface area (Å²) in [5, 5.41) is 22.0. The lowest BCUT2D eigenvalue weighted by molar-refractivity contribution is -0.120. The van der Waals surface area contributed by atoms with E-state index in [4.69, 9.17) is 0 Å². The van der Waals surface area contributed by atoms with Gasteiger partial charge < -0.3 is 10.2 Å². The summed E-state index contributed by atoms with van der Waals surface area (Å²) in [5.41, 5.74) is -0.671. The van der Waals surface area contributed by atoms with Crippen LogP contribution >= 0.6 is 15.9 Å². The monoisotopic (exact) mass is 412 g/mol. The standard InChI is InChI=1S/C20H26BrFO3/c1-10-6-12-13-8-15(22)14-7-11(23)4-5-19(14,3)20(13,21)16(24)9-18(12,2)17(10)25/h4-5,7,10,12-13,15-17,24-25H,6,8-9H2,1-3H3/t10-,12+,13+,15+,16+,17-,18+,19+,20+/m1/s1. The minimum Gasteiger partial charge on any atom is -0.392 e. The molecular weight excluding hydrogens is 387 g/mol. The topological polar surface area (TPSA) is 57.5 Å². The van der Waals surface area contributed by atoms with Crippen LogP contribution in [-0.2, 0) is 4.79 Å². The number of aliphatic hydroxyl groups excluding tert-OH is 2. The number of fused-ring (bicyclic) bond motifs is 5. The third-order valence-electron chi connectivity index (χ3n) is 7.90. The lowest BCUT2D eigenvalue weighted by Gasteiger charge is -2.63. The van der Waals surface area contributed by atoms with Crippen molar-refractivity contribution in [1.29, 1.82) is 0 Å². The van der Waals surface area contributed by atoms with Crippen LogP contribution < -0.4 is 0 Å². The molecule has 3 saturated carbocycles. The SMILES string of the molecule is C[C@@H]1C[C@H]2[C@@H]3C[C@H](F)C4=CC(=O)C=C[C@]4(C)[C@@]3(Br)[C@@H](O)C[C@]2(C)[C@@H]1O. The van der Waals surface area contributed by atoms with E-state index in [1.54, 1.807) is 6.08 Å². The molecule has 0 aromatic rings. The molecule has 4 rings (SSSR count). The molecule has 4 aliphatic carbocycles. The van der Waals surface area contributed by atoms with Crippen molar-refractivity contribution in [3.63, 3.8) is 0 Å². The highest BCUT2D eigenvalue weighted by atomic mass is 79.9. The Morgan fingerprint density at radius 1 is 1.24 bits per heavy atom. The minimum atomic E-state index is -1.20. The molecule has 0 radical (unpaired) electrons. The van der Waals surface area contributed by atoms with E-state index in [9.17, 15) is 15.0 Å². The lowest BCUT2D eigenvalue weighted by Crippen LogP contribution is -2.67. The maximum atomic E-state index is 15.2. The van der Waals surface area contributed by atoms with Crippen LogP contribution in [0.2, 0.25) is 0 Å². The van der Waals surface area contributed by atoms with Gasteiger partial charge in [0.15, 0.2) is 5.78 Å². The molecule has 0 aromatic heterocycles. The zero-order valence-electron chi connectivity index (χ0n) is 14.9. The van der Waals surface area contributed by atoms with Crippen LogP contribution in [-0.4, -0.2) is 38.7 Å². The second-order valence-corrected chi connectivity index (χ2v) is 10.4. The van der Waals surface area contributed by atoms with Gasteiger partial charge >= 0.3 is 0 Å². The molecule has 0 heterocycles. The van der Waals surface area contributed by atoms with Crippen LogP contribution in [0, 0.1) is 28.6 Å². The molecule has 4 aliphatic rings. The van der Waals surface area contributed by atoms with Gasteiger partial charge in [0.1, 0.15) is 6.17 Å². The molecule has 0 unspecified atom stereocenters. The number of aliphatic hydroxyl groups is 2. The van der Waals surface area contributed by atoms with Crippen molar-refractivity contribution in [2.75, 3.05) is 0 Å². The smallest absolute Gasteiger partial charge is 0.178 e. The van der Waals surface area contributed by atoms with Crippen molar-refractivity contribution in [3.8, 4) is 0 Å². The van der Waals surface area contributed by atoms with Crippen molar-refractivity contribution in [2.45, 2.75) is 62.7 Å². The first-order valence-corrected chi connectivity index (χ1v) is 9.99. The Hall–Kier alpha value is -0.520. The molecule has 0 saturated heterocycles. The van der Waals surface area contributed by atoms with Crippen LogP contribution in [0.15, 0.2) is 23.8 Å². The number of ketones is 1. The normalized spacial score (nSPS) is 57.6. The van der Waals surface area contributed by atoms with Crippen LogP contribution in [0.1, 0.15) is 40.0 Å². The Labute approximate surface area is 156 Å². The fraction of sp³-hybridized carbons (Fsp3) is 0.750. The Morgan fingerprint density at radius 3 is 2.60 bits per heavy atom. The Morgan fingerprint density at radius 2 is 1.92 bits per heavy atom. The maximum Gasteiger partial charge on any atom is 0.178 e. The molecule has 0 aromatic carbocycles. The third kappa shape index (κ3) is 2.01. The summed E-state index contributed by atoms with van der Waals surface area (Å²) < 4.78 is 14.4. The van der Waals surface area contributed by atoms with Crippen LogP contribution in [0.3, 0.4) is 0 Å². The van der Waals surface area contributed by atoms with E-state index >= 15 is 4.39 Å². The summed E-state index contributed by atoms with van der Waals surface area (Å²) in [4.78, 5) is 11.8. The molecule has 0 amide bonds. The summed E-state index contributed by atoms with van der Waals surface area (Å²) >= 11 is 3.88. The highest BCUT2D eigenvalue weighted by molar-refractivity contribution is 9.10. The minimum absolute atomic E-state index is 0.101. The van der Waals surface area contributed by atoms with Crippen molar-refractivity contribution in [1.82, 2.24) is 0 Å². The van der Waals surface area contributed by atoms with Gasteiger partial charge in [0.25, 0.3) is 0 Å². The molecule has 0 aliphatic heterocycles. The summed E-state index contributed by atoms with van der Waals surface area (Å²) in [7, 11) is 0. The predicted octanol–water partition coefficient (Wildman–Crippen LogP) is 3.34. The van der Waals surface area contributed by atoms with Gasteiger partial charge in [-0.3, -0.25) is 4.79 Å². The van der Waals surface area contributed by atoms with E-state index in [2.05, 4.69) is 15.9 Å². The first-order chi connectivity index (χ1) is 11.6. The van der Waals surface area contributed by atoms with E-state index < -0.39 is 33.5 Å². The second-order valence-electron chi connectivity index (χ2n) is 9.11. The number of halogens is 2. The number of alkyl halides is 2. The predicted molar refractivity (Wildman–Crippen MR) is 97.0 cm³/mol. The fourth-order valence-corrected chi connectivity index (χ4v) is 7.58. The van der Waals surface area contributed by atoms with Crippen LogP contribution in [0.5, 0.6) is 0 Å². The number of rotatable bonds is 0. The first-order valence-electron chi connectivity index (χ1n) is 9.20. The van der Waals surface area contributed by atoms with Gasteiger partial charge in [-0.1, -0.05) is 42.8 Å². The highest BCUT2D eigenvalue weighted by Crippen LogP contribution is 2.70. The van der Waals surface area contributed by atoms with Gasteiger partial charge in [-0.25, -0.2) is 4.39 Å². The van der Waals surface area contributed by atoms with Crippen molar-refractivity contribution >= 4 is 21.7 Å². The number of hydrogen-bond acceptors (Lipinski definition) is 3. The maximum absolute atomic E-state index is 15.2. The second kappa shape index (κ2) is 5.26. The summed E-state index contributed by atoms with van der Waals surface area (Å²) in [6, 6.07) is 0. The number of allylic oxidation sites excluding steroid dienone is 4. The Balaban J connectivity index is 1.86. The van der Waals surface area contributed by atoms with Crippen LogP contribution in [0.4, 0.5) is 4.39 Å². The zero-order valence-corrected chi connectivity index (χ0v) is 16.5. The molecular formula is C20H26BrFO3. The average molecular weight is 413 g/mol. The average Bonchev–Trinajstić information content (AvgIpc) is 2.76. The van der Waals surface area contributed by atoms with E-state index in [1.165, 1.54) is 12.2 Å².